The lowest BCUT2D eigenvalue weighted by Crippen LogP contribution is -2.51. The molecule has 1 saturated carbocycles. The molecule has 2 heterocycles. The molecule has 0 unspecified atom stereocenters. The van der Waals surface area contributed by atoms with Crippen molar-refractivity contribution in [2.75, 3.05) is 43.4 Å². The van der Waals surface area contributed by atoms with E-state index in [0.29, 0.717) is 49.7 Å². The molecule has 1 aliphatic carbocycles. The molecule has 4 rings (SSSR count). The molecule has 0 radical (unpaired) electrons. The highest BCUT2D eigenvalue weighted by Crippen LogP contribution is 2.26. The van der Waals surface area contributed by atoms with E-state index in [0.717, 1.165) is 18.1 Å². The third-order valence-corrected chi connectivity index (χ3v) is 6.76. The van der Waals surface area contributed by atoms with E-state index in [2.05, 4.69) is 15.6 Å². The summed E-state index contributed by atoms with van der Waals surface area (Å²) in [6.07, 6.45) is 10.7. The Morgan fingerprint density at radius 2 is 1.64 bits per heavy atom. The molecule has 0 atom stereocenters. The molecule has 1 aromatic carbocycles. The molecule has 0 bridgehead atoms. The van der Waals surface area contributed by atoms with E-state index in [1.165, 1.54) is 51.4 Å². The molecular formula is C27H35N5O4. The van der Waals surface area contributed by atoms with Crippen LogP contribution in [0.15, 0.2) is 42.7 Å². The number of ether oxygens (including phenoxy) is 1. The van der Waals surface area contributed by atoms with Gasteiger partial charge in [0.15, 0.2) is 0 Å². The van der Waals surface area contributed by atoms with Crippen molar-refractivity contribution in [2.24, 2.45) is 5.92 Å². The van der Waals surface area contributed by atoms with Crippen LogP contribution in [0.3, 0.4) is 0 Å². The topological polar surface area (TPSA) is 104 Å². The number of hydrogen-bond donors (Lipinski definition) is 2. The first-order valence-electron chi connectivity index (χ1n) is 12.8. The van der Waals surface area contributed by atoms with Crippen molar-refractivity contribution < 1.29 is 19.1 Å². The SMILES string of the molecule is CC(=O)Nc1cncc(NC(=O)N2CCN(C(=O)c3cccc(OCCC4CCCCC4)c3)CC2)c1. The van der Waals surface area contributed by atoms with E-state index in [1.54, 1.807) is 15.9 Å². The lowest BCUT2D eigenvalue weighted by atomic mass is 9.87. The Labute approximate surface area is 212 Å². The summed E-state index contributed by atoms with van der Waals surface area (Å²) >= 11 is 0. The van der Waals surface area contributed by atoms with Crippen LogP contribution < -0.4 is 15.4 Å². The standard InChI is InChI=1S/C27H35N5O4/c1-20(33)29-23-17-24(19-28-18-23)30-27(35)32-13-11-31(12-14-32)26(34)22-8-5-9-25(16-22)36-15-10-21-6-3-2-4-7-21/h5,8-9,16-19,21H,2-4,6-7,10-15H2,1H3,(H,29,33)(H,30,35). The van der Waals surface area contributed by atoms with Crippen molar-refractivity contribution in [1.29, 1.82) is 0 Å². The summed E-state index contributed by atoms with van der Waals surface area (Å²) in [4.78, 5) is 44.5. The molecule has 2 aliphatic rings. The van der Waals surface area contributed by atoms with Gasteiger partial charge in [0.2, 0.25) is 5.91 Å². The van der Waals surface area contributed by atoms with Crippen LogP contribution >= 0.6 is 0 Å². The second-order valence-electron chi connectivity index (χ2n) is 9.52. The van der Waals surface area contributed by atoms with Crippen LogP contribution in [0.1, 0.15) is 55.8 Å². The Bertz CT molecular complexity index is 1060. The molecule has 1 saturated heterocycles. The number of nitrogens with one attached hydrogen (secondary N) is 2. The van der Waals surface area contributed by atoms with Gasteiger partial charge in [-0.3, -0.25) is 14.6 Å². The number of urea groups is 1. The zero-order valence-electron chi connectivity index (χ0n) is 20.9. The lowest BCUT2D eigenvalue weighted by Gasteiger charge is -2.34. The van der Waals surface area contributed by atoms with E-state index in [1.807, 2.05) is 24.3 Å². The van der Waals surface area contributed by atoms with Gasteiger partial charge in [-0.2, -0.15) is 0 Å². The van der Waals surface area contributed by atoms with Gasteiger partial charge in [-0.15, -0.1) is 0 Å². The number of pyridine rings is 1. The maximum atomic E-state index is 13.1. The average Bonchev–Trinajstić information content (AvgIpc) is 2.89. The summed E-state index contributed by atoms with van der Waals surface area (Å²) in [5, 5.41) is 5.45. The number of anilines is 2. The number of hydrogen-bond acceptors (Lipinski definition) is 5. The minimum absolute atomic E-state index is 0.0556. The highest BCUT2D eigenvalue weighted by Gasteiger charge is 2.25. The van der Waals surface area contributed by atoms with Crippen molar-refractivity contribution in [3.05, 3.63) is 48.3 Å². The molecule has 4 amide bonds. The summed E-state index contributed by atoms with van der Waals surface area (Å²) in [6, 6.07) is 8.77. The number of rotatable bonds is 7. The van der Waals surface area contributed by atoms with E-state index in [4.69, 9.17) is 4.74 Å². The van der Waals surface area contributed by atoms with Gasteiger partial charge >= 0.3 is 6.03 Å². The Hall–Kier alpha value is -3.62. The summed E-state index contributed by atoms with van der Waals surface area (Å²) < 4.78 is 5.96. The van der Waals surface area contributed by atoms with E-state index in [9.17, 15) is 14.4 Å². The molecule has 1 aliphatic heterocycles. The first-order chi connectivity index (χ1) is 17.5. The largest absolute Gasteiger partial charge is 0.494 e. The molecule has 0 spiro atoms. The zero-order chi connectivity index (χ0) is 25.3. The molecule has 2 N–H and O–H groups in total. The third kappa shape index (κ3) is 7.19. The zero-order valence-corrected chi connectivity index (χ0v) is 20.9. The fourth-order valence-corrected chi connectivity index (χ4v) is 4.82. The minimum atomic E-state index is -0.266. The Morgan fingerprint density at radius 1 is 0.944 bits per heavy atom. The third-order valence-electron chi connectivity index (χ3n) is 6.76. The van der Waals surface area contributed by atoms with Crippen LogP contribution in [-0.2, 0) is 4.79 Å². The second kappa shape index (κ2) is 12.4. The molecular weight excluding hydrogens is 458 g/mol. The van der Waals surface area contributed by atoms with Crippen LogP contribution in [0.5, 0.6) is 5.75 Å². The van der Waals surface area contributed by atoms with Gasteiger partial charge in [0.25, 0.3) is 5.91 Å². The Balaban J connectivity index is 1.24. The quantitative estimate of drug-likeness (QED) is 0.596. The second-order valence-corrected chi connectivity index (χ2v) is 9.52. The number of nitrogens with zero attached hydrogens (tertiary/aromatic N) is 3. The van der Waals surface area contributed by atoms with E-state index >= 15 is 0 Å². The maximum Gasteiger partial charge on any atom is 0.322 e. The van der Waals surface area contributed by atoms with Gasteiger partial charge in [-0.1, -0.05) is 38.2 Å². The first kappa shape index (κ1) is 25.5. The highest BCUT2D eigenvalue weighted by molar-refractivity contribution is 5.95. The number of benzene rings is 1. The lowest BCUT2D eigenvalue weighted by molar-refractivity contribution is -0.114. The van der Waals surface area contributed by atoms with Crippen LogP contribution in [0.4, 0.5) is 16.2 Å². The smallest absolute Gasteiger partial charge is 0.322 e. The van der Waals surface area contributed by atoms with Crippen molar-refractivity contribution >= 4 is 29.2 Å². The van der Waals surface area contributed by atoms with Gasteiger partial charge in [0.05, 0.1) is 30.4 Å². The number of piperazine rings is 1. The maximum absolute atomic E-state index is 13.1. The van der Waals surface area contributed by atoms with Crippen molar-refractivity contribution in [2.45, 2.75) is 45.4 Å². The highest BCUT2D eigenvalue weighted by atomic mass is 16.5. The normalized spacial score (nSPS) is 16.4. The Kier molecular flexibility index (Phi) is 8.76. The van der Waals surface area contributed by atoms with Crippen LogP contribution in [0, 0.1) is 5.92 Å². The van der Waals surface area contributed by atoms with Gasteiger partial charge in [-0.05, 0) is 36.6 Å². The number of amides is 4. The predicted molar refractivity (Wildman–Crippen MR) is 138 cm³/mol. The van der Waals surface area contributed by atoms with Gasteiger partial charge in [0, 0.05) is 38.7 Å². The van der Waals surface area contributed by atoms with Crippen LogP contribution in [0.2, 0.25) is 0 Å². The molecule has 36 heavy (non-hydrogen) atoms. The summed E-state index contributed by atoms with van der Waals surface area (Å²) in [7, 11) is 0. The van der Waals surface area contributed by atoms with Gasteiger partial charge in [-0.25, -0.2) is 4.79 Å². The summed E-state index contributed by atoms with van der Waals surface area (Å²) in [5.41, 5.74) is 1.60. The average molecular weight is 494 g/mol. The van der Waals surface area contributed by atoms with E-state index < -0.39 is 0 Å². The number of aromatic nitrogens is 1. The monoisotopic (exact) mass is 493 g/mol. The minimum Gasteiger partial charge on any atom is -0.494 e. The fourth-order valence-electron chi connectivity index (χ4n) is 4.82. The van der Waals surface area contributed by atoms with Crippen LogP contribution in [-0.4, -0.2) is 65.4 Å². The Morgan fingerprint density at radius 3 is 2.36 bits per heavy atom. The van der Waals surface area contributed by atoms with Gasteiger partial charge < -0.3 is 25.2 Å². The van der Waals surface area contributed by atoms with Crippen molar-refractivity contribution in [3.8, 4) is 5.75 Å². The molecule has 192 valence electrons. The van der Waals surface area contributed by atoms with Crippen molar-refractivity contribution in [3.63, 3.8) is 0 Å². The van der Waals surface area contributed by atoms with E-state index in [-0.39, 0.29) is 17.8 Å². The molecule has 2 fully saturated rings. The molecule has 9 heteroatoms. The molecule has 2 aromatic rings. The first-order valence-corrected chi connectivity index (χ1v) is 12.8. The number of carbonyl (C=O) groups is 3. The van der Waals surface area contributed by atoms with Gasteiger partial charge in [0.1, 0.15) is 5.75 Å². The van der Waals surface area contributed by atoms with Crippen molar-refractivity contribution in [1.82, 2.24) is 14.8 Å². The summed E-state index contributed by atoms with van der Waals surface area (Å²) in [5.74, 6) is 1.22. The molecule has 9 nitrogen and oxygen atoms in total. The fraction of sp³-hybridized carbons (Fsp3) is 0.481. The number of carbonyl (C=O) groups excluding carboxylic acids is 3. The van der Waals surface area contributed by atoms with Crippen LogP contribution in [0.25, 0.3) is 0 Å². The predicted octanol–water partition coefficient (Wildman–Crippen LogP) is 4.38. The summed E-state index contributed by atoms with van der Waals surface area (Å²) in [6.45, 7) is 3.83. The molecule has 1 aromatic heterocycles.